The summed E-state index contributed by atoms with van der Waals surface area (Å²) in [7, 11) is -3.53. The van der Waals surface area contributed by atoms with Crippen LogP contribution in [0.5, 0.6) is 0 Å². The van der Waals surface area contributed by atoms with Crippen LogP contribution in [-0.4, -0.2) is 47.6 Å². The Morgan fingerprint density at radius 1 is 0.968 bits per heavy atom. The van der Waals surface area contributed by atoms with Crippen LogP contribution in [-0.2, 0) is 8.85 Å². The van der Waals surface area contributed by atoms with E-state index in [2.05, 4.69) is 79.1 Å². The molecule has 2 atom stereocenters. The molecule has 0 unspecified atom stereocenters. The normalized spacial score (nSPS) is 24.6. The average molecular weight is 464 g/mol. The van der Waals surface area contributed by atoms with E-state index in [1.54, 1.807) is 0 Å². The highest BCUT2D eigenvalue weighted by atomic mass is 28.4. The van der Waals surface area contributed by atoms with Crippen molar-refractivity contribution >= 4 is 22.3 Å². The first kappa shape index (κ1) is 26.3. The maximum atomic E-state index is 9.87. The SMILES string of the molecule is CC(C)(C)[Si](C)(C)OC[C@H]1CCC(/C(C#N)=C2/CC[C@H](CO[Si](C)(C)C(C)(C)C)N2)=N1. The minimum absolute atomic E-state index is 0.173. The molecule has 2 aliphatic heterocycles. The van der Waals surface area contributed by atoms with Crippen molar-refractivity contribution in [1.82, 2.24) is 5.32 Å². The molecular weight excluding hydrogens is 418 g/mol. The Kier molecular flexibility index (Phi) is 8.06. The van der Waals surface area contributed by atoms with Gasteiger partial charge in [0.25, 0.3) is 0 Å². The lowest BCUT2D eigenvalue weighted by atomic mass is 10.1. The second-order valence-electron chi connectivity index (χ2n) is 12.3. The van der Waals surface area contributed by atoms with Crippen molar-refractivity contribution in [2.24, 2.45) is 4.99 Å². The van der Waals surface area contributed by atoms with Crippen LogP contribution in [0.2, 0.25) is 36.3 Å². The van der Waals surface area contributed by atoms with Gasteiger partial charge >= 0.3 is 0 Å². The van der Waals surface area contributed by atoms with E-state index in [9.17, 15) is 5.26 Å². The quantitative estimate of drug-likeness (QED) is 0.362. The molecule has 0 aromatic rings. The van der Waals surface area contributed by atoms with E-state index in [0.717, 1.165) is 42.7 Å². The summed E-state index contributed by atoms with van der Waals surface area (Å²) >= 11 is 0. The van der Waals surface area contributed by atoms with Gasteiger partial charge in [0.1, 0.15) is 6.07 Å². The standard InChI is InChI=1S/C24H45N3O2Si2/c1-23(2,3)30(7,8)28-16-18-11-13-21(26-18)20(15-25)22-14-12-19(27-22)17-29-31(9,10)24(4,5)6/h18-19,26H,11-14,16-17H2,1-10H3/b21-20-/t18-,19-/m1/s1. The third-order valence-electron chi connectivity index (χ3n) is 7.77. The number of nitrogens with zero attached hydrogens (tertiary/aromatic N) is 2. The topological polar surface area (TPSA) is 66.6 Å². The Balaban J connectivity index is 1.99. The summed E-state index contributed by atoms with van der Waals surface area (Å²) in [6.07, 6.45) is 3.75. The zero-order valence-electron chi connectivity index (χ0n) is 21.6. The first-order chi connectivity index (χ1) is 14.1. The first-order valence-corrected chi connectivity index (χ1v) is 17.6. The summed E-state index contributed by atoms with van der Waals surface area (Å²) in [5.41, 5.74) is 2.76. The minimum atomic E-state index is -1.77. The minimum Gasteiger partial charge on any atom is -0.415 e. The predicted octanol–water partition coefficient (Wildman–Crippen LogP) is 6.16. The van der Waals surface area contributed by atoms with Crippen molar-refractivity contribution in [2.45, 2.75) is 116 Å². The molecule has 31 heavy (non-hydrogen) atoms. The number of hydrogen-bond acceptors (Lipinski definition) is 5. The average Bonchev–Trinajstić information content (AvgIpc) is 3.27. The van der Waals surface area contributed by atoms with Crippen LogP contribution in [0.15, 0.2) is 16.3 Å². The maximum absolute atomic E-state index is 9.87. The number of allylic oxidation sites excluding steroid dienone is 2. The van der Waals surface area contributed by atoms with Gasteiger partial charge in [0.05, 0.1) is 30.5 Å². The van der Waals surface area contributed by atoms with E-state index in [-0.39, 0.29) is 22.2 Å². The molecule has 0 aromatic carbocycles. The summed E-state index contributed by atoms with van der Waals surface area (Å²) in [5.74, 6) is 0. The highest BCUT2D eigenvalue weighted by Gasteiger charge is 2.39. The van der Waals surface area contributed by atoms with Gasteiger partial charge in [0.2, 0.25) is 0 Å². The molecular formula is C24H45N3O2Si2. The van der Waals surface area contributed by atoms with Crippen LogP contribution >= 0.6 is 0 Å². The molecule has 0 amide bonds. The van der Waals surface area contributed by atoms with Crippen molar-refractivity contribution < 1.29 is 8.85 Å². The zero-order valence-corrected chi connectivity index (χ0v) is 23.6. The van der Waals surface area contributed by atoms with Crippen LogP contribution < -0.4 is 5.32 Å². The molecule has 0 bridgehead atoms. The summed E-state index contributed by atoms with van der Waals surface area (Å²) < 4.78 is 12.8. The maximum Gasteiger partial charge on any atom is 0.192 e. The molecule has 1 saturated heterocycles. The fraction of sp³-hybridized carbons (Fsp3) is 0.833. The molecule has 0 aromatic heterocycles. The molecule has 5 nitrogen and oxygen atoms in total. The lowest BCUT2D eigenvalue weighted by Crippen LogP contribution is -2.43. The van der Waals surface area contributed by atoms with E-state index in [4.69, 9.17) is 13.8 Å². The molecule has 2 rings (SSSR count). The van der Waals surface area contributed by atoms with Crippen LogP contribution in [0.4, 0.5) is 0 Å². The number of hydrogen-bond donors (Lipinski definition) is 1. The van der Waals surface area contributed by atoms with Crippen LogP contribution in [0.25, 0.3) is 0 Å². The molecule has 0 aliphatic carbocycles. The lowest BCUT2D eigenvalue weighted by Gasteiger charge is -2.37. The molecule has 1 fully saturated rings. The summed E-state index contributed by atoms with van der Waals surface area (Å²) in [6, 6.07) is 2.90. The van der Waals surface area contributed by atoms with Gasteiger partial charge in [-0.05, 0) is 61.9 Å². The van der Waals surface area contributed by atoms with Crippen molar-refractivity contribution in [1.29, 1.82) is 5.26 Å². The van der Waals surface area contributed by atoms with E-state index in [1.807, 2.05) is 0 Å². The Labute approximate surface area is 193 Å². The first-order valence-electron chi connectivity index (χ1n) is 11.8. The fourth-order valence-electron chi connectivity index (χ4n) is 3.35. The van der Waals surface area contributed by atoms with Gasteiger partial charge in [0.15, 0.2) is 16.6 Å². The largest absolute Gasteiger partial charge is 0.415 e. The van der Waals surface area contributed by atoms with Gasteiger partial charge < -0.3 is 14.2 Å². The van der Waals surface area contributed by atoms with Crippen molar-refractivity contribution in [2.75, 3.05) is 13.2 Å². The van der Waals surface area contributed by atoms with Crippen molar-refractivity contribution in [3.05, 3.63) is 11.3 Å². The second-order valence-corrected chi connectivity index (χ2v) is 21.9. The summed E-state index contributed by atoms with van der Waals surface area (Å²) in [5, 5.41) is 13.9. The fourth-order valence-corrected chi connectivity index (χ4v) is 5.44. The van der Waals surface area contributed by atoms with Gasteiger partial charge in [-0.15, -0.1) is 0 Å². The monoisotopic (exact) mass is 463 g/mol. The molecule has 2 aliphatic rings. The smallest absolute Gasteiger partial charge is 0.192 e. The third kappa shape index (κ3) is 6.53. The molecule has 0 spiro atoms. The summed E-state index contributed by atoms with van der Waals surface area (Å²) in [4.78, 5) is 4.90. The second kappa shape index (κ2) is 9.50. The molecule has 1 N–H and O–H groups in total. The summed E-state index contributed by atoms with van der Waals surface area (Å²) in [6.45, 7) is 24.1. The van der Waals surface area contributed by atoms with Crippen LogP contribution in [0.3, 0.4) is 0 Å². The predicted molar refractivity (Wildman–Crippen MR) is 136 cm³/mol. The highest BCUT2D eigenvalue weighted by molar-refractivity contribution is 6.74. The zero-order chi connectivity index (χ0) is 23.7. The van der Waals surface area contributed by atoms with Gasteiger partial charge in [-0.25, -0.2) is 0 Å². The molecule has 7 heteroatoms. The van der Waals surface area contributed by atoms with E-state index in [1.165, 1.54) is 0 Å². The Bertz CT molecular complexity index is 752. The van der Waals surface area contributed by atoms with E-state index >= 15 is 0 Å². The van der Waals surface area contributed by atoms with Crippen molar-refractivity contribution in [3.63, 3.8) is 0 Å². The Morgan fingerprint density at radius 2 is 1.52 bits per heavy atom. The molecule has 0 radical (unpaired) electrons. The lowest BCUT2D eigenvalue weighted by molar-refractivity contribution is 0.255. The van der Waals surface area contributed by atoms with Gasteiger partial charge in [-0.2, -0.15) is 5.26 Å². The number of nitrogens with one attached hydrogen (secondary N) is 1. The van der Waals surface area contributed by atoms with Crippen LogP contribution in [0, 0.1) is 11.3 Å². The highest BCUT2D eigenvalue weighted by Crippen LogP contribution is 2.38. The van der Waals surface area contributed by atoms with Crippen LogP contribution in [0.1, 0.15) is 67.2 Å². The van der Waals surface area contributed by atoms with Gasteiger partial charge in [0, 0.05) is 11.7 Å². The Morgan fingerprint density at radius 3 is 2.03 bits per heavy atom. The Hall–Kier alpha value is -0.946. The molecule has 2 heterocycles. The number of rotatable bonds is 7. The number of aliphatic imine (C=N–C) groups is 1. The number of nitriles is 1. The molecule has 176 valence electrons. The third-order valence-corrected chi connectivity index (χ3v) is 16.8. The van der Waals surface area contributed by atoms with E-state index in [0.29, 0.717) is 13.2 Å². The van der Waals surface area contributed by atoms with Gasteiger partial charge in [-0.3, -0.25) is 4.99 Å². The van der Waals surface area contributed by atoms with Gasteiger partial charge in [-0.1, -0.05) is 41.5 Å². The van der Waals surface area contributed by atoms with Crippen molar-refractivity contribution in [3.8, 4) is 6.07 Å². The van der Waals surface area contributed by atoms with E-state index < -0.39 is 16.6 Å². The molecule has 0 saturated carbocycles.